The van der Waals surface area contributed by atoms with Gasteiger partial charge in [0.2, 0.25) is 0 Å². The minimum atomic E-state index is 0.563. The molecular weight excluding hydrogens is 266 g/mol. The van der Waals surface area contributed by atoms with E-state index < -0.39 is 0 Å². The second kappa shape index (κ2) is 4.94. The first-order chi connectivity index (χ1) is 10.4. The van der Waals surface area contributed by atoms with E-state index in [1.165, 1.54) is 0 Å². The third-order valence-electron chi connectivity index (χ3n) is 3.34. The van der Waals surface area contributed by atoms with E-state index in [4.69, 9.17) is 9.47 Å². The number of ether oxygens (including phenoxy) is 2. The van der Waals surface area contributed by atoms with Crippen LogP contribution in [0.4, 0.5) is 11.5 Å². The van der Waals surface area contributed by atoms with Crippen molar-refractivity contribution in [1.82, 2.24) is 9.97 Å². The number of hydrogen-bond acceptors (Lipinski definition) is 5. The van der Waals surface area contributed by atoms with Crippen molar-refractivity contribution in [2.45, 2.75) is 0 Å². The Morgan fingerprint density at radius 1 is 0.905 bits per heavy atom. The van der Waals surface area contributed by atoms with E-state index in [2.05, 4.69) is 15.3 Å². The van der Waals surface area contributed by atoms with Crippen LogP contribution in [0.5, 0.6) is 11.5 Å². The minimum absolute atomic E-state index is 0.563. The number of hydrogen-bond donors (Lipinski definition) is 1. The molecule has 0 bridgehead atoms. The van der Waals surface area contributed by atoms with Crippen molar-refractivity contribution in [3.8, 4) is 11.5 Å². The lowest BCUT2D eigenvalue weighted by Gasteiger charge is -2.19. The molecule has 21 heavy (non-hydrogen) atoms. The molecule has 5 nitrogen and oxygen atoms in total. The van der Waals surface area contributed by atoms with Crippen molar-refractivity contribution >= 4 is 22.4 Å². The van der Waals surface area contributed by atoms with E-state index in [-0.39, 0.29) is 0 Å². The van der Waals surface area contributed by atoms with E-state index >= 15 is 0 Å². The van der Waals surface area contributed by atoms with Gasteiger partial charge in [0, 0.05) is 17.1 Å². The van der Waals surface area contributed by atoms with Crippen LogP contribution in [-0.2, 0) is 0 Å². The SMILES string of the molecule is c1ccc(Nc2ncnc3cc4c(cc23)OCCO4)cc1. The van der Waals surface area contributed by atoms with Gasteiger partial charge in [0.1, 0.15) is 25.4 Å². The molecule has 5 heteroatoms. The normalized spacial score (nSPS) is 13.1. The molecule has 0 atom stereocenters. The monoisotopic (exact) mass is 279 g/mol. The maximum atomic E-state index is 5.63. The van der Waals surface area contributed by atoms with E-state index in [9.17, 15) is 0 Å². The van der Waals surface area contributed by atoms with Crippen molar-refractivity contribution in [3.05, 3.63) is 48.8 Å². The van der Waals surface area contributed by atoms with Gasteiger partial charge in [0.25, 0.3) is 0 Å². The first kappa shape index (κ1) is 12.0. The van der Waals surface area contributed by atoms with Gasteiger partial charge in [-0.05, 0) is 18.2 Å². The number of anilines is 2. The van der Waals surface area contributed by atoms with Gasteiger partial charge < -0.3 is 14.8 Å². The summed E-state index contributed by atoms with van der Waals surface area (Å²) in [5.41, 5.74) is 1.81. The fraction of sp³-hybridized carbons (Fsp3) is 0.125. The molecule has 1 aliphatic heterocycles. The van der Waals surface area contributed by atoms with Gasteiger partial charge in [-0.25, -0.2) is 9.97 Å². The zero-order valence-electron chi connectivity index (χ0n) is 11.2. The number of benzene rings is 2. The topological polar surface area (TPSA) is 56.3 Å². The van der Waals surface area contributed by atoms with Gasteiger partial charge >= 0.3 is 0 Å². The smallest absolute Gasteiger partial charge is 0.163 e. The maximum absolute atomic E-state index is 5.63. The Kier molecular flexibility index (Phi) is 2.81. The molecule has 1 N–H and O–H groups in total. The fourth-order valence-corrected chi connectivity index (χ4v) is 2.35. The molecule has 0 saturated heterocycles. The van der Waals surface area contributed by atoms with E-state index in [0.29, 0.717) is 13.2 Å². The second-order valence-electron chi connectivity index (χ2n) is 4.73. The summed E-state index contributed by atoms with van der Waals surface area (Å²) in [4.78, 5) is 8.64. The molecule has 1 aliphatic rings. The average molecular weight is 279 g/mol. The minimum Gasteiger partial charge on any atom is -0.486 e. The van der Waals surface area contributed by atoms with Crippen LogP contribution in [0.2, 0.25) is 0 Å². The van der Waals surface area contributed by atoms with Crippen LogP contribution in [-0.4, -0.2) is 23.2 Å². The molecule has 0 aliphatic carbocycles. The largest absolute Gasteiger partial charge is 0.486 e. The van der Waals surface area contributed by atoms with Gasteiger partial charge in [-0.1, -0.05) is 18.2 Å². The van der Waals surface area contributed by atoms with Gasteiger partial charge in [-0.3, -0.25) is 0 Å². The number of nitrogens with zero attached hydrogens (tertiary/aromatic N) is 2. The lowest BCUT2D eigenvalue weighted by Crippen LogP contribution is -2.15. The molecular formula is C16H13N3O2. The van der Waals surface area contributed by atoms with Gasteiger partial charge in [0.15, 0.2) is 11.5 Å². The Morgan fingerprint density at radius 3 is 2.48 bits per heavy atom. The van der Waals surface area contributed by atoms with E-state index in [0.717, 1.165) is 33.9 Å². The third-order valence-corrected chi connectivity index (χ3v) is 3.34. The fourth-order valence-electron chi connectivity index (χ4n) is 2.35. The predicted molar refractivity (Wildman–Crippen MR) is 80.3 cm³/mol. The molecule has 0 radical (unpaired) electrons. The van der Waals surface area contributed by atoms with Crippen LogP contribution < -0.4 is 14.8 Å². The molecule has 2 aromatic carbocycles. The van der Waals surface area contributed by atoms with Crippen LogP contribution in [0, 0.1) is 0 Å². The van der Waals surface area contributed by atoms with Gasteiger partial charge in [-0.2, -0.15) is 0 Å². The van der Waals surface area contributed by atoms with Crippen molar-refractivity contribution in [2.75, 3.05) is 18.5 Å². The summed E-state index contributed by atoms with van der Waals surface area (Å²) in [5, 5.41) is 4.21. The Morgan fingerprint density at radius 2 is 1.67 bits per heavy atom. The molecule has 104 valence electrons. The molecule has 0 amide bonds. The lowest BCUT2D eigenvalue weighted by molar-refractivity contribution is 0.172. The van der Waals surface area contributed by atoms with Crippen LogP contribution in [0.15, 0.2) is 48.8 Å². The zero-order valence-corrected chi connectivity index (χ0v) is 11.2. The highest BCUT2D eigenvalue weighted by atomic mass is 16.6. The summed E-state index contributed by atoms with van der Waals surface area (Å²) in [6.07, 6.45) is 1.55. The summed E-state index contributed by atoms with van der Waals surface area (Å²) in [7, 11) is 0. The van der Waals surface area contributed by atoms with Gasteiger partial charge in [0.05, 0.1) is 5.52 Å². The predicted octanol–water partition coefficient (Wildman–Crippen LogP) is 3.14. The zero-order chi connectivity index (χ0) is 14.1. The number of fused-ring (bicyclic) bond motifs is 2. The summed E-state index contributed by atoms with van der Waals surface area (Å²) in [6, 6.07) is 13.7. The molecule has 2 heterocycles. The van der Waals surface area contributed by atoms with Crippen LogP contribution in [0.3, 0.4) is 0 Å². The standard InChI is InChI=1S/C16H13N3O2/c1-2-4-11(5-3-1)19-16-12-8-14-15(21-7-6-20-14)9-13(12)17-10-18-16/h1-5,8-10H,6-7H2,(H,17,18,19). The highest BCUT2D eigenvalue weighted by molar-refractivity contribution is 5.93. The van der Waals surface area contributed by atoms with E-state index in [1.807, 2.05) is 42.5 Å². The molecule has 1 aromatic heterocycles. The van der Waals surface area contributed by atoms with Crippen molar-refractivity contribution in [3.63, 3.8) is 0 Å². The first-order valence-electron chi connectivity index (χ1n) is 6.76. The molecule has 0 unspecified atom stereocenters. The van der Waals surface area contributed by atoms with Crippen LogP contribution in [0.25, 0.3) is 10.9 Å². The molecule has 0 fully saturated rings. The highest BCUT2D eigenvalue weighted by Crippen LogP contribution is 2.36. The summed E-state index contributed by atoms with van der Waals surface area (Å²) in [5.74, 6) is 2.22. The summed E-state index contributed by atoms with van der Waals surface area (Å²) in [6.45, 7) is 1.13. The number of rotatable bonds is 2. The van der Waals surface area contributed by atoms with Gasteiger partial charge in [-0.15, -0.1) is 0 Å². The third kappa shape index (κ3) is 2.23. The highest BCUT2D eigenvalue weighted by Gasteiger charge is 2.15. The Balaban J connectivity index is 1.82. The van der Waals surface area contributed by atoms with Crippen LogP contribution >= 0.6 is 0 Å². The Hall–Kier alpha value is -2.82. The maximum Gasteiger partial charge on any atom is 0.163 e. The Labute approximate surface area is 121 Å². The summed E-state index contributed by atoms with van der Waals surface area (Å²) < 4.78 is 11.2. The number of nitrogens with one attached hydrogen (secondary N) is 1. The van der Waals surface area contributed by atoms with Crippen molar-refractivity contribution < 1.29 is 9.47 Å². The first-order valence-corrected chi connectivity index (χ1v) is 6.76. The number of aromatic nitrogens is 2. The molecule has 0 spiro atoms. The molecule has 4 rings (SSSR count). The van der Waals surface area contributed by atoms with Crippen molar-refractivity contribution in [1.29, 1.82) is 0 Å². The van der Waals surface area contributed by atoms with E-state index in [1.54, 1.807) is 6.33 Å². The molecule has 3 aromatic rings. The molecule has 0 saturated carbocycles. The van der Waals surface area contributed by atoms with Crippen LogP contribution in [0.1, 0.15) is 0 Å². The number of para-hydroxylation sites is 1. The average Bonchev–Trinajstić information content (AvgIpc) is 2.54. The Bertz CT molecular complexity index is 790. The lowest BCUT2D eigenvalue weighted by atomic mass is 10.2. The quantitative estimate of drug-likeness (QED) is 0.781. The second-order valence-corrected chi connectivity index (χ2v) is 4.73. The van der Waals surface area contributed by atoms with Crippen molar-refractivity contribution in [2.24, 2.45) is 0 Å². The summed E-state index contributed by atoms with van der Waals surface area (Å²) >= 11 is 0.